The highest BCUT2D eigenvalue weighted by atomic mass is 79.9. The number of hydrogen-bond acceptors (Lipinski definition) is 0. The Morgan fingerprint density at radius 3 is 2.65 bits per heavy atom. The Kier molecular flexibility index (Phi) is 2.93. The second-order valence-electron chi connectivity index (χ2n) is 4.09. The van der Waals surface area contributed by atoms with Gasteiger partial charge < -0.3 is 0 Å². The first-order valence-corrected chi connectivity index (χ1v) is 7.09. The SMILES string of the molecule is BrC(Br)=C1C=CCc2c1ccc1ccccc21. The van der Waals surface area contributed by atoms with E-state index in [1.807, 2.05) is 0 Å². The largest absolute Gasteiger partial charge is 0.0794 e. The summed E-state index contributed by atoms with van der Waals surface area (Å²) >= 11 is 7.03. The number of benzene rings is 2. The summed E-state index contributed by atoms with van der Waals surface area (Å²) in [6, 6.07) is 13.0. The minimum absolute atomic E-state index is 1.01. The zero-order chi connectivity index (χ0) is 11.8. The summed E-state index contributed by atoms with van der Waals surface area (Å²) in [6.45, 7) is 0. The molecular formula is C15H10Br2. The van der Waals surface area contributed by atoms with E-state index in [9.17, 15) is 0 Å². The van der Waals surface area contributed by atoms with Gasteiger partial charge in [-0.05, 0) is 60.2 Å². The van der Waals surface area contributed by atoms with Gasteiger partial charge in [-0.15, -0.1) is 0 Å². The molecule has 2 heteroatoms. The van der Waals surface area contributed by atoms with Gasteiger partial charge in [0.1, 0.15) is 0 Å². The van der Waals surface area contributed by atoms with Crippen molar-refractivity contribution in [2.24, 2.45) is 0 Å². The van der Waals surface area contributed by atoms with Gasteiger partial charge in [-0.3, -0.25) is 0 Å². The van der Waals surface area contributed by atoms with E-state index in [2.05, 4.69) is 80.4 Å². The minimum atomic E-state index is 1.01. The molecule has 0 heterocycles. The number of allylic oxidation sites excluding steroid dienone is 3. The van der Waals surface area contributed by atoms with Gasteiger partial charge in [0, 0.05) is 5.57 Å². The molecule has 0 bridgehead atoms. The van der Waals surface area contributed by atoms with Gasteiger partial charge in [-0.25, -0.2) is 0 Å². The van der Waals surface area contributed by atoms with Crippen LogP contribution in [0.5, 0.6) is 0 Å². The molecule has 2 aromatic carbocycles. The molecule has 0 aliphatic heterocycles. The van der Waals surface area contributed by atoms with Crippen LogP contribution in [-0.2, 0) is 6.42 Å². The normalized spacial score (nSPS) is 13.9. The lowest BCUT2D eigenvalue weighted by molar-refractivity contribution is 1.26. The second kappa shape index (κ2) is 4.43. The van der Waals surface area contributed by atoms with Crippen LogP contribution in [0.15, 0.2) is 51.9 Å². The number of halogens is 2. The van der Waals surface area contributed by atoms with Crippen LogP contribution in [0.25, 0.3) is 16.3 Å². The maximum absolute atomic E-state index is 3.51. The molecule has 0 fully saturated rings. The van der Waals surface area contributed by atoms with Gasteiger partial charge in [0.05, 0.1) is 3.39 Å². The van der Waals surface area contributed by atoms with Crippen molar-refractivity contribution in [1.29, 1.82) is 0 Å². The van der Waals surface area contributed by atoms with Crippen molar-refractivity contribution in [2.75, 3.05) is 0 Å². The maximum atomic E-state index is 3.51. The molecule has 1 aliphatic rings. The molecule has 0 saturated heterocycles. The molecule has 84 valence electrons. The van der Waals surface area contributed by atoms with Crippen LogP contribution in [0.4, 0.5) is 0 Å². The predicted octanol–water partition coefficient (Wildman–Crippen LogP) is 5.41. The maximum Gasteiger partial charge on any atom is 0.0682 e. The zero-order valence-electron chi connectivity index (χ0n) is 9.08. The molecule has 17 heavy (non-hydrogen) atoms. The van der Waals surface area contributed by atoms with E-state index in [1.165, 1.54) is 27.5 Å². The lowest BCUT2D eigenvalue weighted by Crippen LogP contribution is -1.98. The zero-order valence-corrected chi connectivity index (χ0v) is 12.3. The van der Waals surface area contributed by atoms with E-state index >= 15 is 0 Å². The van der Waals surface area contributed by atoms with Crippen LogP contribution < -0.4 is 0 Å². The van der Waals surface area contributed by atoms with Gasteiger partial charge in [0.2, 0.25) is 0 Å². The third kappa shape index (κ3) is 1.90. The van der Waals surface area contributed by atoms with E-state index in [0.717, 1.165) is 9.81 Å². The lowest BCUT2D eigenvalue weighted by Gasteiger charge is -2.17. The van der Waals surface area contributed by atoms with E-state index in [1.54, 1.807) is 0 Å². The van der Waals surface area contributed by atoms with Crippen molar-refractivity contribution in [1.82, 2.24) is 0 Å². The fourth-order valence-corrected chi connectivity index (χ4v) is 3.05. The number of fused-ring (bicyclic) bond motifs is 3. The minimum Gasteiger partial charge on any atom is -0.0794 e. The van der Waals surface area contributed by atoms with Crippen LogP contribution in [0, 0.1) is 0 Å². The van der Waals surface area contributed by atoms with E-state index in [-0.39, 0.29) is 0 Å². The van der Waals surface area contributed by atoms with Crippen molar-refractivity contribution in [3.8, 4) is 0 Å². The molecule has 0 spiro atoms. The average molecular weight is 350 g/mol. The van der Waals surface area contributed by atoms with Crippen molar-refractivity contribution >= 4 is 48.2 Å². The topological polar surface area (TPSA) is 0 Å². The van der Waals surface area contributed by atoms with Crippen molar-refractivity contribution < 1.29 is 0 Å². The molecule has 0 N–H and O–H groups in total. The third-order valence-electron chi connectivity index (χ3n) is 3.14. The summed E-state index contributed by atoms with van der Waals surface area (Å²) in [5.74, 6) is 0. The third-order valence-corrected chi connectivity index (χ3v) is 4.00. The smallest absolute Gasteiger partial charge is 0.0682 e. The highest BCUT2D eigenvalue weighted by molar-refractivity contribution is 9.28. The monoisotopic (exact) mass is 348 g/mol. The molecule has 0 unspecified atom stereocenters. The highest BCUT2D eigenvalue weighted by Crippen LogP contribution is 2.36. The standard InChI is InChI=1S/C15H10Br2/c16-15(17)14-7-3-6-12-11-5-2-1-4-10(11)8-9-13(12)14/h1-5,7-9H,6H2. The van der Waals surface area contributed by atoms with Crippen LogP contribution in [0.1, 0.15) is 11.1 Å². The molecule has 3 rings (SSSR count). The van der Waals surface area contributed by atoms with Crippen LogP contribution in [0.2, 0.25) is 0 Å². The van der Waals surface area contributed by atoms with Gasteiger partial charge in [-0.1, -0.05) is 48.6 Å². The van der Waals surface area contributed by atoms with Gasteiger partial charge in [0.15, 0.2) is 0 Å². The Bertz CT molecular complexity index is 647. The molecule has 0 aromatic heterocycles. The molecule has 1 aliphatic carbocycles. The number of hydrogen-bond donors (Lipinski definition) is 0. The van der Waals surface area contributed by atoms with Gasteiger partial charge in [-0.2, -0.15) is 0 Å². The van der Waals surface area contributed by atoms with E-state index < -0.39 is 0 Å². The lowest BCUT2D eigenvalue weighted by atomic mass is 9.89. The molecule has 2 aromatic rings. The molecule has 0 nitrogen and oxygen atoms in total. The van der Waals surface area contributed by atoms with Crippen LogP contribution >= 0.6 is 31.9 Å². The summed E-state index contributed by atoms with van der Waals surface area (Å²) in [6.07, 6.45) is 5.38. The van der Waals surface area contributed by atoms with E-state index in [4.69, 9.17) is 0 Å². The van der Waals surface area contributed by atoms with E-state index in [0.29, 0.717) is 0 Å². The fraction of sp³-hybridized carbons (Fsp3) is 0.0667. The predicted molar refractivity (Wildman–Crippen MR) is 81.6 cm³/mol. The van der Waals surface area contributed by atoms with Crippen molar-refractivity contribution in [3.63, 3.8) is 0 Å². The molecular weight excluding hydrogens is 340 g/mol. The molecule has 0 atom stereocenters. The summed E-state index contributed by atoms with van der Waals surface area (Å²) in [7, 11) is 0. The fourth-order valence-electron chi connectivity index (χ4n) is 2.36. The van der Waals surface area contributed by atoms with Crippen LogP contribution in [0.3, 0.4) is 0 Å². The average Bonchev–Trinajstić information content (AvgIpc) is 2.37. The number of rotatable bonds is 0. The Hall–Kier alpha value is -0.860. The molecule has 0 amide bonds. The second-order valence-corrected chi connectivity index (χ2v) is 6.74. The first-order chi connectivity index (χ1) is 8.27. The molecule has 0 saturated carbocycles. The first-order valence-electron chi connectivity index (χ1n) is 5.50. The first kappa shape index (κ1) is 11.2. The summed E-state index contributed by atoms with van der Waals surface area (Å²) in [5.41, 5.74) is 3.95. The Morgan fingerprint density at radius 2 is 1.82 bits per heavy atom. The summed E-state index contributed by atoms with van der Waals surface area (Å²) in [4.78, 5) is 0. The Labute approximate surface area is 117 Å². The van der Waals surface area contributed by atoms with Crippen LogP contribution in [-0.4, -0.2) is 0 Å². The quantitative estimate of drug-likeness (QED) is 0.596. The molecule has 0 radical (unpaired) electrons. The Balaban J connectivity index is 2.37. The van der Waals surface area contributed by atoms with Crippen molar-refractivity contribution in [2.45, 2.75) is 6.42 Å². The summed E-state index contributed by atoms with van der Waals surface area (Å²) < 4.78 is 1.01. The highest BCUT2D eigenvalue weighted by Gasteiger charge is 2.14. The van der Waals surface area contributed by atoms with Gasteiger partial charge in [0.25, 0.3) is 0 Å². The van der Waals surface area contributed by atoms with Crippen molar-refractivity contribution in [3.05, 3.63) is 63.1 Å². The summed E-state index contributed by atoms with van der Waals surface area (Å²) in [5, 5.41) is 2.67. The Morgan fingerprint density at radius 1 is 1.00 bits per heavy atom. The van der Waals surface area contributed by atoms with Gasteiger partial charge >= 0.3 is 0 Å².